The fourth-order valence-electron chi connectivity index (χ4n) is 3.68. The number of hydrogen-bond donors (Lipinski definition) is 3. The van der Waals surface area contributed by atoms with E-state index in [0.717, 1.165) is 29.4 Å². The van der Waals surface area contributed by atoms with Crippen LogP contribution in [0.15, 0.2) is 29.3 Å². The third kappa shape index (κ3) is 5.34. The molecule has 196 valence electrons. The molecule has 14 nitrogen and oxygen atoms in total. The van der Waals surface area contributed by atoms with Crippen molar-refractivity contribution < 1.29 is 32.2 Å². The summed E-state index contributed by atoms with van der Waals surface area (Å²) in [4.78, 5) is 45.4. The quantitative estimate of drug-likeness (QED) is 0.373. The van der Waals surface area contributed by atoms with Crippen molar-refractivity contribution in [3.63, 3.8) is 0 Å². The van der Waals surface area contributed by atoms with E-state index in [4.69, 9.17) is 4.74 Å². The number of ether oxygens (including phenoxy) is 1. The fourth-order valence-corrected chi connectivity index (χ4v) is 4.11. The van der Waals surface area contributed by atoms with Crippen molar-refractivity contribution in [1.29, 1.82) is 0 Å². The summed E-state index contributed by atoms with van der Waals surface area (Å²) < 4.78 is 46.2. The van der Waals surface area contributed by atoms with E-state index < -0.39 is 56.1 Å². The van der Waals surface area contributed by atoms with Gasteiger partial charge in [0.05, 0.1) is 25.1 Å². The standard InChI is InChI=1S/C21H22FN7O7S/c1-21(2)20-25-14(15(30)19(33)28(20)6-7-36-21)17(31)23-9-11-4-5-12(22)8-13(11)29-10-24-16(26-29)18(32)27-37(3,34)35/h4-5,8,10,30H,6-7,9H2,1-3H3,(H,23,31)(H,27,32). The van der Waals surface area contributed by atoms with Gasteiger partial charge in [-0.15, -0.1) is 5.10 Å². The number of carbonyl (C=O) groups excluding carboxylic acids is 2. The Kier molecular flexibility index (Phi) is 6.55. The van der Waals surface area contributed by atoms with Gasteiger partial charge in [-0.1, -0.05) is 6.07 Å². The molecule has 4 rings (SSSR count). The van der Waals surface area contributed by atoms with Crippen molar-refractivity contribution in [2.45, 2.75) is 32.5 Å². The zero-order chi connectivity index (χ0) is 27.1. The highest BCUT2D eigenvalue weighted by molar-refractivity contribution is 7.89. The lowest BCUT2D eigenvalue weighted by Gasteiger charge is -2.32. The Morgan fingerprint density at radius 3 is 2.70 bits per heavy atom. The van der Waals surface area contributed by atoms with Crippen molar-refractivity contribution in [1.82, 2.24) is 34.4 Å². The van der Waals surface area contributed by atoms with E-state index in [1.54, 1.807) is 18.6 Å². The van der Waals surface area contributed by atoms with Crippen molar-refractivity contribution in [2.24, 2.45) is 0 Å². The molecular formula is C21H22FN7O7S. The largest absolute Gasteiger partial charge is 0.501 e. The fraction of sp³-hybridized carbons (Fsp3) is 0.333. The van der Waals surface area contributed by atoms with Gasteiger partial charge in [0.25, 0.3) is 11.5 Å². The first-order valence-corrected chi connectivity index (χ1v) is 12.6. The van der Waals surface area contributed by atoms with Crippen LogP contribution in [0.25, 0.3) is 5.69 Å². The van der Waals surface area contributed by atoms with E-state index >= 15 is 0 Å². The molecule has 0 fully saturated rings. The molecule has 2 amide bonds. The maximum absolute atomic E-state index is 14.0. The van der Waals surface area contributed by atoms with Crippen LogP contribution in [0.5, 0.6) is 5.75 Å². The monoisotopic (exact) mass is 535 g/mol. The van der Waals surface area contributed by atoms with Gasteiger partial charge in [0, 0.05) is 6.54 Å². The summed E-state index contributed by atoms with van der Waals surface area (Å²) in [5, 5.41) is 16.7. The van der Waals surface area contributed by atoms with E-state index in [0.29, 0.717) is 5.56 Å². The summed E-state index contributed by atoms with van der Waals surface area (Å²) >= 11 is 0. The van der Waals surface area contributed by atoms with Crippen LogP contribution >= 0.6 is 0 Å². The summed E-state index contributed by atoms with van der Waals surface area (Å²) in [5.41, 5.74) is -1.86. The Morgan fingerprint density at radius 1 is 1.27 bits per heavy atom. The number of rotatable bonds is 6. The third-order valence-electron chi connectivity index (χ3n) is 5.38. The summed E-state index contributed by atoms with van der Waals surface area (Å²) in [6.45, 7) is 3.53. The maximum atomic E-state index is 14.0. The number of fused-ring (bicyclic) bond motifs is 1. The van der Waals surface area contributed by atoms with Crippen LogP contribution in [-0.2, 0) is 33.5 Å². The summed E-state index contributed by atoms with van der Waals surface area (Å²) in [7, 11) is -3.86. The number of carbonyl (C=O) groups is 2. The van der Waals surface area contributed by atoms with Crippen LogP contribution in [0.1, 0.15) is 46.3 Å². The van der Waals surface area contributed by atoms with E-state index in [1.165, 1.54) is 10.6 Å². The molecule has 3 aromatic rings. The molecule has 0 unspecified atom stereocenters. The van der Waals surface area contributed by atoms with Crippen LogP contribution in [0.4, 0.5) is 4.39 Å². The van der Waals surface area contributed by atoms with Gasteiger partial charge >= 0.3 is 5.91 Å². The predicted octanol–water partition coefficient (Wildman–Crippen LogP) is -0.447. The lowest BCUT2D eigenvalue weighted by Crippen LogP contribution is -2.42. The molecular weight excluding hydrogens is 513 g/mol. The maximum Gasteiger partial charge on any atom is 0.304 e. The smallest absolute Gasteiger partial charge is 0.304 e. The Hall–Kier alpha value is -4.18. The molecule has 0 spiro atoms. The van der Waals surface area contributed by atoms with E-state index in [2.05, 4.69) is 20.4 Å². The molecule has 3 N–H and O–H groups in total. The molecule has 0 bridgehead atoms. The summed E-state index contributed by atoms with van der Waals surface area (Å²) in [6.07, 6.45) is 1.85. The van der Waals surface area contributed by atoms with Crippen LogP contribution in [0.3, 0.4) is 0 Å². The number of aromatic nitrogens is 5. The van der Waals surface area contributed by atoms with Crippen LogP contribution < -0.4 is 15.6 Å². The minimum absolute atomic E-state index is 0.0865. The van der Waals surface area contributed by atoms with Gasteiger partial charge in [0.2, 0.25) is 21.6 Å². The lowest BCUT2D eigenvalue weighted by atomic mass is 10.1. The van der Waals surface area contributed by atoms with Gasteiger partial charge in [-0.3, -0.25) is 19.0 Å². The van der Waals surface area contributed by atoms with E-state index in [1.807, 2.05) is 0 Å². The number of halogens is 1. The molecule has 16 heteroatoms. The van der Waals surface area contributed by atoms with Crippen molar-refractivity contribution in [3.05, 3.63) is 63.6 Å². The number of hydrogen-bond acceptors (Lipinski definition) is 10. The Labute approximate surface area is 209 Å². The first kappa shape index (κ1) is 25.9. The topological polar surface area (TPSA) is 187 Å². The predicted molar refractivity (Wildman–Crippen MR) is 124 cm³/mol. The van der Waals surface area contributed by atoms with Crippen LogP contribution in [-0.4, -0.2) is 62.5 Å². The molecule has 0 atom stereocenters. The molecule has 3 heterocycles. The Bertz CT molecular complexity index is 1580. The number of aromatic hydroxyl groups is 1. The van der Waals surface area contributed by atoms with Gasteiger partial charge < -0.3 is 15.2 Å². The average Bonchev–Trinajstić information content (AvgIpc) is 3.30. The first-order chi connectivity index (χ1) is 17.3. The highest BCUT2D eigenvalue weighted by Gasteiger charge is 2.34. The minimum Gasteiger partial charge on any atom is -0.501 e. The SMILES string of the molecule is CC1(C)OCCn2c1nc(C(=O)NCc1ccc(F)cc1-n1cnc(C(=O)NS(C)(=O)=O)n1)c(O)c2=O. The number of nitrogens with one attached hydrogen (secondary N) is 2. The zero-order valence-corrected chi connectivity index (χ0v) is 20.7. The second-order valence-electron chi connectivity index (χ2n) is 8.62. The van der Waals surface area contributed by atoms with Gasteiger partial charge in [-0.2, -0.15) is 0 Å². The molecule has 0 saturated carbocycles. The normalized spacial score (nSPS) is 14.6. The number of nitrogens with zero attached hydrogens (tertiary/aromatic N) is 5. The van der Waals surface area contributed by atoms with Gasteiger partial charge in [-0.05, 0) is 31.5 Å². The molecule has 0 saturated heterocycles. The van der Waals surface area contributed by atoms with Gasteiger partial charge in [-0.25, -0.2) is 32.2 Å². The van der Waals surface area contributed by atoms with E-state index in [9.17, 15) is 32.3 Å². The van der Waals surface area contributed by atoms with Gasteiger partial charge in [0.15, 0.2) is 5.69 Å². The molecule has 2 aromatic heterocycles. The average molecular weight is 536 g/mol. The Balaban J connectivity index is 1.60. The number of amides is 2. The molecule has 0 aliphatic carbocycles. The van der Waals surface area contributed by atoms with Crippen molar-refractivity contribution in [3.8, 4) is 11.4 Å². The minimum atomic E-state index is -3.86. The molecule has 1 aliphatic rings. The second kappa shape index (κ2) is 9.36. The molecule has 1 aromatic carbocycles. The molecule has 37 heavy (non-hydrogen) atoms. The first-order valence-electron chi connectivity index (χ1n) is 10.8. The highest BCUT2D eigenvalue weighted by atomic mass is 32.2. The second-order valence-corrected chi connectivity index (χ2v) is 10.4. The van der Waals surface area contributed by atoms with E-state index in [-0.39, 0.29) is 31.2 Å². The van der Waals surface area contributed by atoms with Crippen molar-refractivity contribution in [2.75, 3.05) is 12.9 Å². The van der Waals surface area contributed by atoms with Crippen LogP contribution in [0.2, 0.25) is 0 Å². The zero-order valence-electron chi connectivity index (χ0n) is 19.8. The van der Waals surface area contributed by atoms with Crippen LogP contribution in [0, 0.1) is 5.82 Å². The summed E-state index contributed by atoms with van der Waals surface area (Å²) in [5.74, 6) is -3.75. The Morgan fingerprint density at radius 2 is 2.00 bits per heavy atom. The number of benzene rings is 1. The van der Waals surface area contributed by atoms with Gasteiger partial charge in [0.1, 0.15) is 23.6 Å². The molecule has 0 radical (unpaired) electrons. The lowest BCUT2D eigenvalue weighted by molar-refractivity contribution is -0.0566. The highest BCUT2D eigenvalue weighted by Crippen LogP contribution is 2.27. The summed E-state index contributed by atoms with van der Waals surface area (Å²) in [6, 6.07) is 3.53. The molecule has 1 aliphatic heterocycles. The van der Waals surface area contributed by atoms with Crippen molar-refractivity contribution >= 4 is 21.8 Å². The number of sulfonamides is 1. The third-order valence-corrected chi connectivity index (χ3v) is 5.94.